The number of aromatic nitrogens is 4. The van der Waals surface area contributed by atoms with Gasteiger partial charge >= 0.3 is 0 Å². The lowest BCUT2D eigenvalue weighted by Gasteiger charge is -2.22. The second kappa shape index (κ2) is 8.96. The molecule has 5 aromatic rings. The van der Waals surface area contributed by atoms with Crippen LogP contribution in [-0.4, -0.2) is 44.8 Å². The molecule has 0 fully saturated rings. The van der Waals surface area contributed by atoms with Crippen LogP contribution in [0.25, 0.3) is 38.9 Å². The van der Waals surface area contributed by atoms with E-state index in [1.807, 2.05) is 35.5 Å². The minimum atomic E-state index is -0.235. The summed E-state index contributed by atoms with van der Waals surface area (Å²) in [5.74, 6) is -0.235. The van der Waals surface area contributed by atoms with Crippen molar-refractivity contribution < 1.29 is 4.39 Å². The van der Waals surface area contributed by atoms with Gasteiger partial charge in [-0.25, -0.2) is 9.37 Å². The average molecular weight is 464 g/mol. The lowest BCUT2D eigenvalue weighted by atomic mass is 9.97. The molecule has 0 unspecified atom stereocenters. The first-order valence-electron chi connectivity index (χ1n) is 11.9. The summed E-state index contributed by atoms with van der Waals surface area (Å²) in [6, 6.07) is 17.6. The maximum atomic E-state index is 13.5. The Morgan fingerprint density at radius 3 is 2.63 bits per heavy atom. The Bertz CT molecular complexity index is 1530. The number of nitrogens with one attached hydrogen (secondary N) is 1. The number of aromatic amines is 1. The fourth-order valence-electron chi connectivity index (χ4n) is 4.72. The largest absolute Gasteiger partial charge is 0.346 e. The third-order valence-corrected chi connectivity index (χ3v) is 6.71. The topological polar surface area (TPSA) is 49.7 Å². The number of fused-ring (bicyclic) bond motifs is 1. The molecule has 0 bridgehead atoms. The lowest BCUT2D eigenvalue weighted by Crippen LogP contribution is -2.23. The van der Waals surface area contributed by atoms with Crippen molar-refractivity contribution >= 4 is 16.6 Å². The third kappa shape index (κ3) is 4.40. The van der Waals surface area contributed by atoms with Crippen molar-refractivity contribution in [2.24, 2.45) is 0 Å². The molecule has 6 rings (SSSR count). The first-order valence-corrected chi connectivity index (χ1v) is 11.9. The number of nitrogens with zero attached hydrogens (tertiary/aromatic N) is 4. The van der Waals surface area contributed by atoms with Gasteiger partial charge in [-0.1, -0.05) is 42.5 Å². The van der Waals surface area contributed by atoms with Crippen LogP contribution in [0.3, 0.4) is 0 Å². The van der Waals surface area contributed by atoms with E-state index >= 15 is 0 Å². The van der Waals surface area contributed by atoms with E-state index in [-0.39, 0.29) is 5.82 Å². The van der Waals surface area contributed by atoms with Gasteiger partial charge in [-0.15, -0.1) is 0 Å². The van der Waals surface area contributed by atoms with Crippen LogP contribution in [0.2, 0.25) is 0 Å². The zero-order valence-electron chi connectivity index (χ0n) is 19.6. The number of hydrogen-bond acceptors (Lipinski definition) is 3. The lowest BCUT2D eigenvalue weighted by molar-refractivity contribution is 0.370. The molecular formula is C29H26FN5. The van der Waals surface area contributed by atoms with Gasteiger partial charge in [0.15, 0.2) is 0 Å². The van der Waals surface area contributed by atoms with Crippen LogP contribution in [0.15, 0.2) is 85.5 Å². The van der Waals surface area contributed by atoms with Crippen LogP contribution in [0.5, 0.6) is 0 Å². The molecule has 35 heavy (non-hydrogen) atoms. The van der Waals surface area contributed by atoms with Gasteiger partial charge in [-0.05, 0) is 53.9 Å². The molecule has 0 saturated carbocycles. The fraction of sp³-hybridized carbons (Fsp3) is 0.172. The fourth-order valence-corrected chi connectivity index (χ4v) is 4.72. The standard InChI is InChI=1S/C29H26FN5/c1-34-11-9-23(10-12-34)21-5-7-22(8-6-21)24-14-27-28(17-32-29(27)31-15-24)25-16-33-35(19-25)18-20-3-2-4-26(30)13-20/h2-9,13-17,19H,10-12,18H2,1H3,(H,31,32). The van der Waals surface area contributed by atoms with Gasteiger partial charge in [0, 0.05) is 53.8 Å². The normalized spacial score (nSPS) is 14.4. The van der Waals surface area contributed by atoms with E-state index in [2.05, 4.69) is 63.4 Å². The molecule has 6 heteroatoms. The number of H-pyrrole nitrogens is 1. The van der Waals surface area contributed by atoms with E-state index in [4.69, 9.17) is 0 Å². The van der Waals surface area contributed by atoms with E-state index in [1.165, 1.54) is 23.3 Å². The Hall–Kier alpha value is -4.03. The Morgan fingerprint density at radius 1 is 0.971 bits per heavy atom. The summed E-state index contributed by atoms with van der Waals surface area (Å²) in [7, 11) is 2.16. The summed E-state index contributed by atoms with van der Waals surface area (Å²) >= 11 is 0. The molecule has 0 amide bonds. The number of pyridine rings is 1. The van der Waals surface area contributed by atoms with Crippen LogP contribution < -0.4 is 0 Å². The molecule has 0 radical (unpaired) electrons. The van der Waals surface area contributed by atoms with Gasteiger partial charge < -0.3 is 9.88 Å². The maximum absolute atomic E-state index is 13.5. The average Bonchev–Trinajstić information content (AvgIpc) is 3.51. The summed E-state index contributed by atoms with van der Waals surface area (Å²) in [4.78, 5) is 10.3. The minimum absolute atomic E-state index is 0.235. The molecule has 5 nitrogen and oxygen atoms in total. The van der Waals surface area contributed by atoms with Crippen LogP contribution in [0.1, 0.15) is 17.5 Å². The van der Waals surface area contributed by atoms with Crippen molar-refractivity contribution in [3.63, 3.8) is 0 Å². The second-order valence-electron chi connectivity index (χ2n) is 9.20. The molecule has 0 saturated heterocycles. The number of halogens is 1. The molecule has 1 N–H and O–H groups in total. The Balaban J connectivity index is 1.27. The highest BCUT2D eigenvalue weighted by Crippen LogP contribution is 2.32. The molecular weight excluding hydrogens is 437 g/mol. The minimum Gasteiger partial charge on any atom is -0.346 e. The van der Waals surface area contributed by atoms with Gasteiger partial charge in [0.2, 0.25) is 0 Å². The van der Waals surface area contributed by atoms with Crippen LogP contribution in [-0.2, 0) is 6.54 Å². The molecule has 0 aliphatic carbocycles. The van der Waals surface area contributed by atoms with Gasteiger partial charge in [-0.3, -0.25) is 4.68 Å². The third-order valence-electron chi connectivity index (χ3n) is 6.71. The van der Waals surface area contributed by atoms with Crippen molar-refractivity contribution in [3.8, 4) is 22.3 Å². The van der Waals surface area contributed by atoms with Crippen LogP contribution >= 0.6 is 0 Å². The highest BCUT2D eigenvalue weighted by atomic mass is 19.1. The van der Waals surface area contributed by atoms with Crippen LogP contribution in [0, 0.1) is 5.82 Å². The molecule has 2 aromatic carbocycles. The van der Waals surface area contributed by atoms with Gasteiger partial charge in [-0.2, -0.15) is 5.10 Å². The van der Waals surface area contributed by atoms with Gasteiger partial charge in [0.1, 0.15) is 11.5 Å². The summed E-state index contributed by atoms with van der Waals surface area (Å²) < 4.78 is 15.4. The molecule has 1 aliphatic rings. The van der Waals surface area contributed by atoms with Crippen molar-refractivity contribution in [2.75, 3.05) is 20.1 Å². The Kier molecular flexibility index (Phi) is 5.51. The highest BCUT2D eigenvalue weighted by molar-refractivity contribution is 5.95. The van der Waals surface area contributed by atoms with Gasteiger partial charge in [0.05, 0.1) is 12.7 Å². The molecule has 3 aromatic heterocycles. The van der Waals surface area contributed by atoms with Crippen molar-refractivity contribution in [2.45, 2.75) is 13.0 Å². The first-order chi connectivity index (χ1) is 17.1. The van der Waals surface area contributed by atoms with E-state index in [0.717, 1.165) is 58.4 Å². The summed E-state index contributed by atoms with van der Waals surface area (Å²) in [5, 5.41) is 5.55. The molecule has 4 heterocycles. The van der Waals surface area contributed by atoms with Crippen molar-refractivity contribution in [1.82, 2.24) is 24.6 Å². The summed E-state index contributed by atoms with van der Waals surface area (Å²) in [5.41, 5.74) is 8.70. The van der Waals surface area contributed by atoms with E-state index in [9.17, 15) is 4.39 Å². The maximum Gasteiger partial charge on any atom is 0.137 e. The van der Waals surface area contributed by atoms with E-state index in [1.54, 1.807) is 6.07 Å². The highest BCUT2D eigenvalue weighted by Gasteiger charge is 2.13. The summed E-state index contributed by atoms with van der Waals surface area (Å²) in [6.07, 6.45) is 11.1. The number of benzene rings is 2. The Labute approximate surface area is 203 Å². The molecule has 0 spiro atoms. The van der Waals surface area contributed by atoms with Crippen molar-refractivity contribution in [3.05, 3.63) is 102 Å². The monoisotopic (exact) mass is 463 g/mol. The number of hydrogen-bond donors (Lipinski definition) is 1. The zero-order valence-corrected chi connectivity index (χ0v) is 19.6. The summed E-state index contributed by atoms with van der Waals surface area (Å²) in [6.45, 7) is 2.62. The van der Waals surface area contributed by atoms with E-state index in [0.29, 0.717) is 6.54 Å². The molecule has 0 atom stereocenters. The number of rotatable bonds is 5. The first kappa shape index (κ1) is 21.5. The quantitative estimate of drug-likeness (QED) is 0.348. The number of likely N-dealkylation sites (N-methyl/N-ethyl adjacent to an activating group) is 1. The predicted octanol–water partition coefficient (Wildman–Crippen LogP) is 6.00. The van der Waals surface area contributed by atoms with Gasteiger partial charge in [0.25, 0.3) is 0 Å². The van der Waals surface area contributed by atoms with Crippen molar-refractivity contribution in [1.29, 1.82) is 0 Å². The SMILES string of the molecule is CN1CC=C(c2ccc(-c3cnc4[nH]cc(-c5cnn(Cc6cccc(F)c6)c5)c4c3)cc2)CC1. The Morgan fingerprint density at radius 2 is 1.83 bits per heavy atom. The smallest absolute Gasteiger partial charge is 0.137 e. The zero-order chi connectivity index (χ0) is 23.8. The van der Waals surface area contributed by atoms with Crippen LogP contribution in [0.4, 0.5) is 4.39 Å². The molecule has 1 aliphatic heterocycles. The predicted molar refractivity (Wildman–Crippen MR) is 138 cm³/mol. The molecule has 174 valence electrons. The van der Waals surface area contributed by atoms with E-state index < -0.39 is 0 Å². The second-order valence-corrected chi connectivity index (χ2v) is 9.20.